The maximum Gasteiger partial charge on any atom is 0.0713 e. The van der Waals surface area contributed by atoms with E-state index in [-0.39, 0.29) is 5.66 Å². The molecule has 0 rings (SSSR count). The first-order valence-corrected chi connectivity index (χ1v) is 25.7. The van der Waals surface area contributed by atoms with Gasteiger partial charge in [-0.3, -0.25) is 10.6 Å². The summed E-state index contributed by atoms with van der Waals surface area (Å²) in [4.78, 5) is 0. The van der Waals surface area contributed by atoms with Crippen LogP contribution < -0.4 is 10.6 Å². The Morgan fingerprint density at radius 3 is 0.792 bits per heavy atom. The standard InChI is InChI=1S/C51H106N2/c1-6-10-14-18-22-26-30-34-38-42-46-50(5)51(47-43-39-35-31-27-23-19-15-11-7-2,52-48-44-40-36-32-28-24-20-16-12-8-3)53-49-45-41-37-33-29-25-21-17-13-9-4/h50,52-53H,6-49H2,1-5H3. The van der Waals surface area contributed by atoms with Gasteiger partial charge >= 0.3 is 0 Å². The van der Waals surface area contributed by atoms with Crippen LogP contribution in [-0.4, -0.2) is 18.8 Å². The van der Waals surface area contributed by atoms with Crippen LogP contribution in [0.25, 0.3) is 0 Å². The van der Waals surface area contributed by atoms with E-state index in [9.17, 15) is 0 Å². The van der Waals surface area contributed by atoms with E-state index in [1.807, 2.05) is 0 Å². The number of hydrogen-bond donors (Lipinski definition) is 2. The van der Waals surface area contributed by atoms with E-state index >= 15 is 0 Å². The van der Waals surface area contributed by atoms with Gasteiger partial charge in [0.15, 0.2) is 0 Å². The van der Waals surface area contributed by atoms with Gasteiger partial charge in [-0.05, 0) is 44.7 Å². The SMILES string of the molecule is CCCCCCCCCCCCNC(CCCCCCCCCCCC)(NCCCCCCCCCCCC)C(C)CCCCCCCCCCCC. The quantitative estimate of drug-likeness (QED) is 0.0479. The van der Waals surface area contributed by atoms with Gasteiger partial charge in [-0.25, -0.2) is 0 Å². The molecule has 0 aromatic rings. The first-order valence-electron chi connectivity index (χ1n) is 25.7. The lowest BCUT2D eigenvalue weighted by Gasteiger charge is -2.42. The molecule has 0 radical (unpaired) electrons. The summed E-state index contributed by atoms with van der Waals surface area (Å²) >= 11 is 0. The Morgan fingerprint density at radius 2 is 0.509 bits per heavy atom. The van der Waals surface area contributed by atoms with Crippen LogP contribution in [0, 0.1) is 5.92 Å². The zero-order valence-electron chi connectivity index (χ0n) is 38.2. The topological polar surface area (TPSA) is 24.1 Å². The summed E-state index contributed by atoms with van der Waals surface area (Å²) < 4.78 is 0. The highest BCUT2D eigenvalue weighted by atomic mass is 15.2. The lowest BCUT2D eigenvalue weighted by atomic mass is 9.84. The van der Waals surface area contributed by atoms with Crippen molar-refractivity contribution in [3.63, 3.8) is 0 Å². The average Bonchev–Trinajstić information content (AvgIpc) is 3.17. The summed E-state index contributed by atoms with van der Waals surface area (Å²) in [6.45, 7) is 14.3. The molecule has 0 bridgehead atoms. The molecule has 0 aromatic heterocycles. The van der Waals surface area contributed by atoms with Gasteiger partial charge in [0, 0.05) is 0 Å². The lowest BCUT2D eigenvalue weighted by Crippen LogP contribution is -2.61. The Morgan fingerprint density at radius 1 is 0.283 bits per heavy atom. The van der Waals surface area contributed by atoms with E-state index in [0.717, 1.165) is 0 Å². The summed E-state index contributed by atoms with van der Waals surface area (Å²) in [7, 11) is 0. The van der Waals surface area contributed by atoms with Crippen molar-refractivity contribution in [3.8, 4) is 0 Å². The van der Waals surface area contributed by atoms with Crippen molar-refractivity contribution in [1.29, 1.82) is 0 Å². The van der Waals surface area contributed by atoms with E-state index in [1.165, 1.54) is 283 Å². The van der Waals surface area contributed by atoms with Crippen molar-refractivity contribution in [2.75, 3.05) is 13.1 Å². The summed E-state index contributed by atoms with van der Waals surface area (Å²) in [5, 5.41) is 8.60. The second-order valence-corrected chi connectivity index (χ2v) is 18.0. The van der Waals surface area contributed by atoms with Crippen LogP contribution in [-0.2, 0) is 0 Å². The zero-order valence-corrected chi connectivity index (χ0v) is 38.2. The van der Waals surface area contributed by atoms with Crippen molar-refractivity contribution in [3.05, 3.63) is 0 Å². The van der Waals surface area contributed by atoms with Crippen LogP contribution in [0.5, 0.6) is 0 Å². The van der Waals surface area contributed by atoms with Crippen LogP contribution in [0.3, 0.4) is 0 Å². The normalized spacial score (nSPS) is 12.6. The van der Waals surface area contributed by atoms with E-state index in [2.05, 4.69) is 45.3 Å². The molecule has 2 nitrogen and oxygen atoms in total. The van der Waals surface area contributed by atoms with Gasteiger partial charge in [-0.15, -0.1) is 0 Å². The molecule has 0 aliphatic rings. The predicted octanol–water partition coefficient (Wildman–Crippen LogP) is 18.0. The minimum Gasteiger partial charge on any atom is -0.299 e. The third kappa shape index (κ3) is 37.3. The average molecular weight is 747 g/mol. The fourth-order valence-electron chi connectivity index (χ4n) is 8.76. The molecule has 0 aliphatic carbocycles. The summed E-state index contributed by atoms with van der Waals surface area (Å²) in [6.07, 6.45) is 59.9. The second-order valence-electron chi connectivity index (χ2n) is 18.0. The molecule has 0 aromatic carbocycles. The first kappa shape index (κ1) is 52.9. The third-order valence-electron chi connectivity index (χ3n) is 12.7. The molecule has 0 aliphatic heterocycles. The molecule has 0 heterocycles. The van der Waals surface area contributed by atoms with Crippen LogP contribution in [0.1, 0.15) is 304 Å². The molecule has 2 heteroatoms. The maximum atomic E-state index is 4.30. The predicted molar refractivity (Wildman–Crippen MR) is 245 cm³/mol. The Hall–Kier alpha value is -0.0800. The van der Waals surface area contributed by atoms with Gasteiger partial charge in [-0.1, -0.05) is 279 Å². The molecule has 2 N–H and O–H groups in total. The van der Waals surface area contributed by atoms with E-state index < -0.39 is 0 Å². The van der Waals surface area contributed by atoms with E-state index in [0.29, 0.717) is 5.92 Å². The minimum absolute atomic E-state index is 0.123. The van der Waals surface area contributed by atoms with Crippen LogP contribution in [0.15, 0.2) is 0 Å². The Bertz CT molecular complexity index is 620. The third-order valence-corrected chi connectivity index (χ3v) is 12.7. The number of unbranched alkanes of at least 4 members (excludes halogenated alkanes) is 36. The van der Waals surface area contributed by atoms with Crippen molar-refractivity contribution < 1.29 is 0 Å². The van der Waals surface area contributed by atoms with Gasteiger partial charge in [-0.2, -0.15) is 0 Å². The largest absolute Gasteiger partial charge is 0.299 e. The lowest BCUT2D eigenvalue weighted by molar-refractivity contribution is 0.138. The summed E-state index contributed by atoms with van der Waals surface area (Å²) in [6, 6.07) is 0. The maximum absolute atomic E-state index is 4.30. The minimum atomic E-state index is 0.123. The van der Waals surface area contributed by atoms with Crippen molar-refractivity contribution in [1.82, 2.24) is 10.6 Å². The molecule has 1 atom stereocenters. The number of hydrogen-bond acceptors (Lipinski definition) is 2. The molecular weight excluding hydrogens is 641 g/mol. The molecule has 320 valence electrons. The van der Waals surface area contributed by atoms with Crippen molar-refractivity contribution in [2.45, 2.75) is 310 Å². The number of rotatable bonds is 47. The molecule has 0 saturated heterocycles. The van der Waals surface area contributed by atoms with Crippen LogP contribution in [0.2, 0.25) is 0 Å². The highest BCUT2D eigenvalue weighted by Gasteiger charge is 2.34. The van der Waals surface area contributed by atoms with Gasteiger partial charge in [0.05, 0.1) is 5.66 Å². The molecule has 0 spiro atoms. The van der Waals surface area contributed by atoms with E-state index in [1.54, 1.807) is 0 Å². The molecule has 53 heavy (non-hydrogen) atoms. The molecule has 1 unspecified atom stereocenters. The summed E-state index contributed by atoms with van der Waals surface area (Å²) in [5.41, 5.74) is 0.123. The fraction of sp³-hybridized carbons (Fsp3) is 1.00. The highest BCUT2D eigenvalue weighted by Crippen LogP contribution is 2.28. The molecular formula is C51H106N2. The molecule has 0 fully saturated rings. The number of nitrogens with one attached hydrogen (secondary N) is 2. The van der Waals surface area contributed by atoms with Gasteiger partial charge < -0.3 is 0 Å². The van der Waals surface area contributed by atoms with E-state index in [4.69, 9.17) is 0 Å². The fourth-order valence-corrected chi connectivity index (χ4v) is 8.76. The smallest absolute Gasteiger partial charge is 0.0713 e. The van der Waals surface area contributed by atoms with Gasteiger partial charge in [0.25, 0.3) is 0 Å². The summed E-state index contributed by atoms with van der Waals surface area (Å²) in [5.74, 6) is 0.696. The Kier molecular flexibility index (Phi) is 44.6. The van der Waals surface area contributed by atoms with Gasteiger partial charge in [0.1, 0.15) is 0 Å². The van der Waals surface area contributed by atoms with Crippen LogP contribution in [0.4, 0.5) is 0 Å². The zero-order chi connectivity index (χ0) is 38.6. The van der Waals surface area contributed by atoms with Crippen LogP contribution >= 0.6 is 0 Å². The van der Waals surface area contributed by atoms with Crippen molar-refractivity contribution >= 4 is 0 Å². The Balaban J connectivity index is 5.05. The second kappa shape index (κ2) is 44.6. The van der Waals surface area contributed by atoms with Gasteiger partial charge in [0.2, 0.25) is 0 Å². The Labute approximate surface area is 338 Å². The highest BCUT2D eigenvalue weighted by molar-refractivity contribution is 4.90. The van der Waals surface area contributed by atoms with Crippen molar-refractivity contribution in [2.24, 2.45) is 5.92 Å². The molecule has 0 saturated carbocycles. The monoisotopic (exact) mass is 747 g/mol. The molecule has 0 amide bonds. The first-order chi connectivity index (χ1) is 26.2.